The van der Waals surface area contributed by atoms with Crippen molar-refractivity contribution in [1.82, 2.24) is 4.90 Å². The highest BCUT2D eigenvalue weighted by atomic mass is 16.6. The Morgan fingerprint density at radius 2 is 1.70 bits per heavy atom. The minimum Gasteiger partial charge on any atom is -0.486 e. The van der Waals surface area contributed by atoms with Crippen molar-refractivity contribution in [3.63, 3.8) is 0 Å². The number of fused-ring (bicyclic) bond motifs is 1. The number of benzene rings is 2. The van der Waals surface area contributed by atoms with Crippen LogP contribution in [-0.4, -0.2) is 48.8 Å². The summed E-state index contributed by atoms with van der Waals surface area (Å²) in [5.74, 6) is 0.815. The maximum absolute atomic E-state index is 12.5. The van der Waals surface area contributed by atoms with E-state index in [1.807, 2.05) is 30.3 Å². The number of ether oxygens (including phenoxy) is 3. The van der Waals surface area contributed by atoms with Crippen LogP contribution in [0.3, 0.4) is 0 Å². The number of carboxylic acids is 1. The Labute approximate surface area is 157 Å². The van der Waals surface area contributed by atoms with Gasteiger partial charge in [0.2, 0.25) is 5.91 Å². The number of amides is 1. The van der Waals surface area contributed by atoms with Gasteiger partial charge in [-0.15, -0.1) is 0 Å². The van der Waals surface area contributed by atoms with Crippen molar-refractivity contribution in [2.24, 2.45) is 0 Å². The summed E-state index contributed by atoms with van der Waals surface area (Å²) >= 11 is 0. The Morgan fingerprint density at radius 1 is 1.04 bits per heavy atom. The number of rotatable bonds is 7. The van der Waals surface area contributed by atoms with Crippen molar-refractivity contribution in [3.05, 3.63) is 53.6 Å². The SMILES string of the molecule is CN(Cc1ccc(OCC(=O)O)cc1)C(=O)Cc1ccc2c(c1)OCCO2. The van der Waals surface area contributed by atoms with Crippen molar-refractivity contribution in [2.45, 2.75) is 13.0 Å². The third-order valence-corrected chi connectivity index (χ3v) is 4.09. The average Bonchev–Trinajstić information content (AvgIpc) is 2.67. The molecule has 0 fully saturated rings. The summed E-state index contributed by atoms with van der Waals surface area (Å²) in [6.45, 7) is 1.11. The molecule has 1 amide bonds. The van der Waals surface area contributed by atoms with E-state index in [-0.39, 0.29) is 18.9 Å². The number of carbonyl (C=O) groups is 2. The number of carbonyl (C=O) groups excluding carboxylic acids is 1. The van der Waals surface area contributed by atoms with Crippen LogP contribution in [-0.2, 0) is 22.6 Å². The lowest BCUT2D eigenvalue weighted by Gasteiger charge is -2.20. The number of carboxylic acid groups (broad SMARTS) is 1. The number of likely N-dealkylation sites (N-methyl/N-ethyl adjacent to an activating group) is 1. The predicted molar refractivity (Wildman–Crippen MR) is 97.2 cm³/mol. The highest BCUT2D eigenvalue weighted by molar-refractivity contribution is 5.78. The third kappa shape index (κ3) is 5.13. The minimum absolute atomic E-state index is 0.0159. The molecule has 142 valence electrons. The summed E-state index contributed by atoms with van der Waals surface area (Å²) in [4.78, 5) is 24.6. The van der Waals surface area contributed by atoms with E-state index < -0.39 is 5.97 Å². The molecule has 0 spiro atoms. The summed E-state index contributed by atoms with van der Waals surface area (Å²) in [7, 11) is 1.75. The van der Waals surface area contributed by atoms with E-state index in [1.54, 1.807) is 24.1 Å². The van der Waals surface area contributed by atoms with Gasteiger partial charge in [0.25, 0.3) is 0 Å². The number of aliphatic carboxylic acids is 1. The first-order valence-corrected chi connectivity index (χ1v) is 8.57. The zero-order chi connectivity index (χ0) is 19.2. The van der Waals surface area contributed by atoms with Gasteiger partial charge < -0.3 is 24.2 Å². The molecule has 0 atom stereocenters. The average molecular weight is 371 g/mol. The van der Waals surface area contributed by atoms with Crippen molar-refractivity contribution in [3.8, 4) is 17.2 Å². The Balaban J connectivity index is 1.55. The Kier molecular flexibility index (Phi) is 5.80. The van der Waals surface area contributed by atoms with Crippen molar-refractivity contribution in [1.29, 1.82) is 0 Å². The standard InChI is InChI=1S/C20H21NO6/c1-21(12-14-2-5-16(6-3-14)27-13-20(23)24)19(22)11-15-4-7-17-18(10-15)26-9-8-25-17/h2-7,10H,8-9,11-13H2,1H3,(H,23,24). The van der Waals surface area contributed by atoms with E-state index in [0.29, 0.717) is 37.0 Å². The molecular formula is C20H21NO6. The highest BCUT2D eigenvalue weighted by Crippen LogP contribution is 2.31. The lowest BCUT2D eigenvalue weighted by molar-refractivity contribution is -0.139. The van der Waals surface area contributed by atoms with Crippen LogP contribution < -0.4 is 14.2 Å². The summed E-state index contributed by atoms with van der Waals surface area (Å²) in [5, 5.41) is 8.61. The van der Waals surface area contributed by atoms with E-state index in [2.05, 4.69) is 0 Å². The largest absolute Gasteiger partial charge is 0.486 e. The number of hydrogen-bond donors (Lipinski definition) is 1. The van der Waals surface area contributed by atoms with Gasteiger partial charge >= 0.3 is 5.97 Å². The van der Waals surface area contributed by atoms with E-state index in [9.17, 15) is 9.59 Å². The van der Waals surface area contributed by atoms with E-state index in [1.165, 1.54) is 0 Å². The van der Waals surface area contributed by atoms with Gasteiger partial charge in [0.05, 0.1) is 6.42 Å². The zero-order valence-electron chi connectivity index (χ0n) is 15.0. The van der Waals surface area contributed by atoms with Gasteiger partial charge in [-0.2, -0.15) is 0 Å². The zero-order valence-corrected chi connectivity index (χ0v) is 15.0. The lowest BCUT2D eigenvalue weighted by Crippen LogP contribution is -2.27. The van der Waals surface area contributed by atoms with Gasteiger partial charge in [0.15, 0.2) is 18.1 Å². The molecule has 0 saturated heterocycles. The van der Waals surface area contributed by atoms with Crippen LogP contribution in [0.15, 0.2) is 42.5 Å². The van der Waals surface area contributed by atoms with Crippen LogP contribution >= 0.6 is 0 Å². The number of hydrogen-bond acceptors (Lipinski definition) is 5. The van der Waals surface area contributed by atoms with Crippen LogP contribution in [0.25, 0.3) is 0 Å². The van der Waals surface area contributed by atoms with Crippen LogP contribution in [0.2, 0.25) is 0 Å². The second-order valence-electron chi connectivity index (χ2n) is 6.23. The van der Waals surface area contributed by atoms with Gasteiger partial charge in [-0.05, 0) is 35.4 Å². The topological polar surface area (TPSA) is 85.3 Å². The van der Waals surface area contributed by atoms with E-state index in [4.69, 9.17) is 19.3 Å². The van der Waals surface area contributed by atoms with Crippen molar-refractivity contribution in [2.75, 3.05) is 26.9 Å². The smallest absolute Gasteiger partial charge is 0.341 e. The molecule has 0 bridgehead atoms. The molecule has 27 heavy (non-hydrogen) atoms. The molecule has 1 aliphatic heterocycles. The summed E-state index contributed by atoms with van der Waals surface area (Å²) in [6.07, 6.45) is 0.271. The molecule has 1 N–H and O–H groups in total. The van der Waals surface area contributed by atoms with E-state index >= 15 is 0 Å². The maximum atomic E-state index is 12.5. The van der Waals surface area contributed by atoms with Gasteiger partial charge in [0.1, 0.15) is 19.0 Å². The Hall–Kier alpha value is -3.22. The quantitative estimate of drug-likeness (QED) is 0.803. The minimum atomic E-state index is -1.02. The third-order valence-electron chi connectivity index (χ3n) is 4.09. The Morgan fingerprint density at radius 3 is 2.41 bits per heavy atom. The summed E-state index contributed by atoms with van der Waals surface area (Å²) in [6, 6.07) is 12.5. The van der Waals surface area contributed by atoms with Crippen LogP contribution in [0.5, 0.6) is 17.2 Å². The summed E-state index contributed by atoms with van der Waals surface area (Å²) < 4.78 is 16.1. The highest BCUT2D eigenvalue weighted by Gasteiger charge is 2.15. The predicted octanol–water partition coefficient (Wildman–Crippen LogP) is 2.12. The maximum Gasteiger partial charge on any atom is 0.341 e. The monoisotopic (exact) mass is 371 g/mol. The molecule has 7 nitrogen and oxygen atoms in total. The van der Waals surface area contributed by atoms with Gasteiger partial charge in [-0.3, -0.25) is 4.79 Å². The van der Waals surface area contributed by atoms with Crippen LogP contribution in [0, 0.1) is 0 Å². The van der Waals surface area contributed by atoms with Gasteiger partial charge in [-0.1, -0.05) is 18.2 Å². The molecule has 0 unspecified atom stereocenters. The fourth-order valence-corrected chi connectivity index (χ4v) is 2.71. The fraction of sp³-hybridized carbons (Fsp3) is 0.300. The summed E-state index contributed by atoms with van der Waals surface area (Å²) in [5.41, 5.74) is 1.80. The Bertz CT molecular complexity index is 818. The first-order chi connectivity index (χ1) is 13.0. The molecule has 2 aromatic rings. The molecule has 1 heterocycles. The number of nitrogens with zero attached hydrogens (tertiary/aromatic N) is 1. The molecule has 0 radical (unpaired) electrons. The van der Waals surface area contributed by atoms with Gasteiger partial charge in [0, 0.05) is 13.6 Å². The molecule has 3 rings (SSSR count). The second kappa shape index (κ2) is 8.44. The van der Waals surface area contributed by atoms with Crippen LogP contribution in [0.1, 0.15) is 11.1 Å². The fourth-order valence-electron chi connectivity index (χ4n) is 2.71. The van der Waals surface area contributed by atoms with E-state index in [0.717, 1.165) is 11.1 Å². The molecule has 2 aromatic carbocycles. The molecule has 0 aromatic heterocycles. The molecule has 0 aliphatic carbocycles. The lowest BCUT2D eigenvalue weighted by atomic mass is 10.1. The van der Waals surface area contributed by atoms with Crippen LogP contribution in [0.4, 0.5) is 0 Å². The van der Waals surface area contributed by atoms with Crippen molar-refractivity contribution < 1.29 is 28.9 Å². The van der Waals surface area contributed by atoms with Gasteiger partial charge in [-0.25, -0.2) is 4.79 Å². The molecule has 7 heteroatoms. The molecule has 1 aliphatic rings. The first-order valence-electron chi connectivity index (χ1n) is 8.57. The second-order valence-corrected chi connectivity index (χ2v) is 6.23. The molecule has 0 saturated carbocycles. The molecular weight excluding hydrogens is 350 g/mol. The van der Waals surface area contributed by atoms with Crippen molar-refractivity contribution >= 4 is 11.9 Å². The normalized spacial score (nSPS) is 12.3. The first kappa shape index (κ1) is 18.6.